The highest BCUT2D eigenvalue weighted by Crippen LogP contribution is 2.16. The maximum atomic E-state index is 11.5. The molecule has 3 nitrogen and oxygen atoms in total. The van der Waals surface area contributed by atoms with E-state index in [2.05, 4.69) is 5.32 Å². The maximum absolute atomic E-state index is 11.5. The van der Waals surface area contributed by atoms with E-state index < -0.39 is 6.04 Å². The molecule has 3 heteroatoms. The molecule has 14 heavy (non-hydrogen) atoms. The largest absolute Gasteiger partial charge is 0.351 e. The molecule has 0 radical (unpaired) electrons. The SMILES string of the molecule is CC(C)=CCNC(=O)[C@@H](N)C(C)(C)C. The van der Waals surface area contributed by atoms with E-state index in [1.165, 1.54) is 5.57 Å². The topological polar surface area (TPSA) is 55.1 Å². The lowest BCUT2D eigenvalue weighted by Crippen LogP contribution is -2.48. The second kappa shape index (κ2) is 5.15. The molecule has 0 unspecified atom stereocenters. The van der Waals surface area contributed by atoms with Crippen LogP contribution in [0.15, 0.2) is 11.6 Å². The lowest BCUT2D eigenvalue weighted by Gasteiger charge is -2.25. The number of hydrogen-bond acceptors (Lipinski definition) is 2. The highest BCUT2D eigenvalue weighted by molar-refractivity contribution is 5.82. The minimum atomic E-state index is -0.451. The summed E-state index contributed by atoms with van der Waals surface area (Å²) < 4.78 is 0. The van der Waals surface area contributed by atoms with E-state index in [-0.39, 0.29) is 11.3 Å². The van der Waals surface area contributed by atoms with Gasteiger partial charge in [-0.25, -0.2) is 0 Å². The van der Waals surface area contributed by atoms with Crippen molar-refractivity contribution in [2.24, 2.45) is 11.1 Å². The zero-order valence-electron chi connectivity index (χ0n) is 9.85. The van der Waals surface area contributed by atoms with Crippen LogP contribution in [0.4, 0.5) is 0 Å². The zero-order valence-corrected chi connectivity index (χ0v) is 9.85. The molecule has 0 heterocycles. The third-order valence-electron chi connectivity index (χ3n) is 2.00. The zero-order chi connectivity index (χ0) is 11.4. The van der Waals surface area contributed by atoms with Gasteiger partial charge in [0.1, 0.15) is 0 Å². The summed E-state index contributed by atoms with van der Waals surface area (Å²) >= 11 is 0. The molecule has 0 rings (SSSR count). The Morgan fingerprint density at radius 3 is 2.29 bits per heavy atom. The summed E-state index contributed by atoms with van der Waals surface area (Å²) in [6.07, 6.45) is 1.97. The number of allylic oxidation sites excluding steroid dienone is 1. The lowest BCUT2D eigenvalue weighted by molar-refractivity contribution is -0.124. The van der Waals surface area contributed by atoms with Crippen molar-refractivity contribution < 1.29 is 4.79 Å². The Bertz CT molecular complexity index is 222. The van der Waals surface area contributed by atoms with Gasteiger partial charge in [-0.15, -0.1) is 0 Å². The summed E-state index contributed by atoms with van der Waals surface area (Å²) in [5.74, 6) is -0.0880. The second-order valence-corrected chi connectivity index (χ2v) is 4.87. The third-order valence-corrected chi connectivity index (χ3v) is 2.00. The molecule has 0 bridgehead atoms. The predicted octanol–water partition coefficient (Wildman–Crippen LogP) is 1.44. The Kier molecular flexibility index (Phi) is 4.85. The van der Waals surface area contributed by atoms with Crippen molar-refractivity contribution >= 4 is 5.91 Å². The monoisotopic (exact) mass is 198 g/mol. The molecule has 0 saturated carbocycles. The summed E-state index contributed by atoms with van der Waals surface area (Å²) in [7, 11) is 0. The minimum Gasteiger partial charge on any atom is -0.351 e. The Labute approximate surface area is 86.8 Å². The van der Waals surface area contributed by atoms with Crippen LogP contribution >= 0.6 is 0 Å². The van der Waals surface area contributed by atoms with Crippen LogP contribution in [-0.4, -0.2) is 18.5 Å². The molecule has 0 fully saturated rings. The van der Waals surface area contributed by atoms with Gasteiger partial charge >= 0.3 is 0 Å². The van der Waals surface area contributed by atoms with E-state index in [1.54, 1.807) is 0 Å². The third kappa shape index (κ3) is 5.02. The molecule has 1 atom stereocenters. The summed E-state index contributed by atoms with van der Waals surface area (Å²) in [6.45, 7) is 10.4. The van der Waals surface area contributed by atoms with E-state index in [0.717, 1.165) is 0 Å². The first-order valence-electron chi connectivity index (χ1n) is 4.92. The second-order valence-electron chi connectivity index (χ2n) is 4.87. The van der Waals surface area contributed by atoms with Gasteiger partial charge in [-0.05, 0) is 19.3 Å². The van der Waals surface area contributed by atoms with Gasteiger partial charge in [0.2, 0.25) is 5.91 Å². The molecule has 0 spiro atoms. The van der Waals surface area contributed by atoms with Crippen LogP contribution in [0.5, 0.6) is 0 Å². The van der Waals surface area contributed by atoms with Crippen molar-refractivity contribution in [1.82, 2.24) is 5.32 Å². The smallest absolute Gasteiger partial charge is 0.237 e. The Hall–Kier alpha value is -0.830. The van der Waals surface area contributed by atoms with Crippen LogP contribution in [0.2, 0.25) is 0 Å². The number of carbonyl (C=O) groups excluding carboxylic acids is 1. The maximum Gasteiger partial charge on any atom is 0.237 e. The highest BCUT2D eigenvalue weighted by Gasteiger charge is 2.26. The van der Waals surface area contributed by atoms with Gasteiger partial charge in [0.15, 0.2) is 0 Å². The van der Waals surface area contributed by atoms with Gasteiger partial charge in [0, 0.05) is 6.54 Å². The van der Waals surface area contributed by atoms with E-state index in [1.807, 2.05) is 40.7 Å². The Morgan fingerprint density at radius 2 is 1.93 bits per heavy atom. The minimum absolute atomic E-state index is 0.0880. The molecule has 82 valence electrons. The Morgan fingerprint density at radius 1 is 1.43 bits per heavy atom. The molecule has 0 aliphatic rings. The molecule has 0 aliphatic carbocycles. The fraction of sp³-hybridized carbons (Fsp3) is 0.727. The summed E-state index contributed by atoms with van der Waals surface area (Å²) in [5.41, 5.74) is 6.78. The molecule has 0 aromatic heterocycles. The number of nitrogens with two attached hydrogens (primary N) is 1. The average molecular weight is 198 g/mol. The van der Waals surface area contributed by atoms with Gasteiger partial charge < -0.3 is 11.1 Å². The van der Waals surface area contributed by atoms with Crippen LogP contribution in [0.25, 0.3) is 0 Å². The highest BCUT2D eigenvalue weighted by atomic mass is 16.2. The first-order chi connectivity index (χ1) is 6.25. The molecule has 1 amide bonds. The van der Waals surface area contributed by atoms with Crippen molar-refractivity contribution in [1.29, 1.82) is 0 Å². The van der Waals surface area contributed by atoms with Gasteiger partial charge in [0.25, 0.3) is 0 Å². The standard InChI is InChI=1S/C11H22N2O/c1-8(2)6-7-13-10(14)9(12)11(3,4)5/h6,9H,7,12H2,1-5H3,(H,13,14)/t9-/m1/s1. The molecular formula is C11H22N2O. The van der Waals surface area contributed by atoms with Crippen molar-refractivity contribution in [3.8, 4) is 0 Å². The first-order valence-corrected chi connectivity index (χ1v) is 4.92. The molecular weight excluding hydrogens is 176 g/mol. The molecule has 3 N–H and O–H groups in total. The van der Waals surface area contributed by atoms with Gasteiger partial charge in [-0.1, -0.05) is 32.4 Å². The van der Waals surface area contributed by atoms with Gasteiger partial charge in [0.05, 0.1) is 6.04 Å². The Balaban J connectivity index is 4.04. The fourth-order valence-electron chi connectivity index (χ4n) is 0.859. The first kappa shape index (κ1) is 13.2. The summed E-state index contributed by atoms with van der Waals surface area (Å²) in [5, 5.41) is 2.78. The molecule has 0 aliphatic heterocycles. The quantitative estimate of drug-likeness (QED) is 0.674. The van der Waals surface area contributed by atoms with Crippen LogP contribution in [0.1, 0.15) is 34.6 Å². The van der Waals surface area contributed by atoms with Crippen molar-refractivity contribution in [3.63, 3.8) is 0 Å². The van der Waals surface area contributed by atoms with E-state index in [9.17, 15) is 4.79 Å². The number of hydrogen-bond donors (Lipinski definition) is 2. The van der Waals surface area contributed by atoms with E-state index in [4.69, 9.17) is 5.73 Å². The van der Waals surface area contributed by atoms with Crippen molar-refractivity contribution in [3.05, 3.63) is 11.6 Å². The van der Waals surface area contributed by atoms with Gasteiger partial charge in [-0.2, -0.15) is 0 Å². The van der Waals surface area contributed by atoms with E-state index in [0.29, 0.717) is 6.54 Å². The van der Waals surface area contributed by atoms with Crippen molar-refractivity contribution in [2.45, 2.75) is 40.7 Å². The van der Waals surface area contributed by atoms with Crippen LogP contribution in [0, 0.1) is 5.41 Å². The lowest BCUT2D eigenvalue weighted by atomic mass is 9.87. The average Bonchev–Trinajstić information content (AvgIpc) is 2.00. The molecule has 0 aromatic rings. The number of nitrogens with one attached hydrogen (secondary N) is 1. The summed E-state index contributed by atoms with van der Waals surface area (Å²) in [6, 6.07) is -0.451. The van der Waals surface area contributed by atoms with E-state index >= 15 is 0 Å². The normalized spacial score (nSPS) is 13.3. The van der Waals surface area contributed by atoms with Gasteiger partial charge in [-0.3, -0.25) is 4.79 Å². The predicted molar refractivity (Wildman–Crippen MR) is 59.9 cm³/mol. The van der Waals surface area contributed by atoms with Crippen LogP contribution < -0.4 is 11.1 Å². The number of carbonyl (C=O) groups is 1. The fourth-order valence-corrected chi connectivity index (χ4v) is 0.859. The van der Waals surface area contributed by atoms with Crippen LogP contribution in [0.3, 0.4) is 0 Å². The molecule has 0 aromatic carbocycles. The van der Waals surface area contributed by atoms with Crippen molar-refractivity contribution in [2.75, 3.05) is 6.54 Å². The molecule has 0 saturated heterocycles. The number of rotatable bonds is 3. The van der Waals surface area contributed by atoms with Crippen LogP contribution in [-0.2, 0) is 4.79 Å². The summed E-state index contributed by atoms with van der Waals surface area (Å²) in [4.78, 5) is 11.5. The number of amides is 1.